The Bertz CT molecular complexity index is 786. The van der Waals surface area contributed by atoms with Crippen LogP contribution in [-0.2, 0) is 0 Å². The lowest BCUT2D eigenvalue weighted by Crippen LogP contribution is -2.50. The molecule has 0 aliphatic carbocycles. The van der Waals surface area contributed by atoms with Crippen LogP contribution in [0.1, 0.15) is 11.1 Å². The smallest absolute Gasteiger partial charge is 0.321 e. The molecule has 1 aliphatic rings. The first-order chi connectivity index (χ1) is 11.9. The highest BCUT2D eigenvalue weighted by Crippen LogP contribution is 2.22. The molecule has 1 heterocycles. The number of amides is 2. The zero-order valence-corrected chi connectivity index (χ0v) is 14.4. The predicted molar refractivity (Wildman–Crippen MR) is 95.1 cm³/mol. The van der Waals surface area contributed by atoms with Gasteiger partial charge < -0.3 is 15.1 Å². The van der Waals surface area contributed by atoms with E-state index in [0.29, 0.717) is 31.9 Å². The van der Waals surface area contributed by atoms with Gasteiger partial charge in [-0.25, -0.2) is 13.6 Å². The van der Waals surface area contributed by atoms with E-state index in [-0.39, 0.29) is 6.03 Å². The van der Waals surface area contributed by atoms with E-state index in [9.17, 15) is 13.6 Å². The summed E-state index contributed by atoms with van der Waals surface area (Å²) in [5.41, 5.74) is 3.26. The van der Waals surface area contributed by atoms with Crippen LogP contribution in [0.5, 0.6) is 0 Å². The lowest BCUT2D eigenvalue weighted by Gasteiger charge is -2.36. The summed E-state index contributed by atoms with van der Waals surface area (Å²) >= 11 is 0. The maximum atomic E-state index is 13.9. The van der Waals surface area contributed by atoms with Crippen molar-refractivity contribution in [3.63, 3.8) is 0 Å². The molecule has 0 atom stereocenters. The first kappa shape index (κ1) is 17.2. The highest BCUT2D eigenvalue weighted by molar-refractivity contribution is 5.90. The summed E-state index contributed by atoms with van der Waals surface area (Å²) < 4.78 is 26.9. The lowest BCUT2D eigenvalue weighted by atomic mass is 10.1. The van der Waals surface area contributed by atoms with Crippen molar-refractivity contribution in [2.75, 3.05) is 36.4 Å². The van der Waals surface area contributed by atoms with Gasteiger partial charge in [-0.1, -0.05) is 12.1 Å². The van der Waals surface area contributed by atoms with Crippen LogP contribution in [-0.4, -0.2) is 37.1 Å². The van der Waals surface area contributed by atoms with Crippen LogP contribution < -0.4 is 10.2 Å². The summed E-state index contributed by atoms with van der Waals surface area (Å²) in [6.07, 6.45) is 0. The van der Waals surface area contributed by atoms with Crippen molar-refractivity contribution in [1.29, 1.82) is 0 Å². The second-order valence-corrected chi connectivity index (χ2v) is 6.32. The summed E-state index contributed by atoms with van der Waals surface area (Å²) in [5, 5.41) is 2.94. The van der Waals surface area contributed by atoms with Gasteiger partial charge in [0.2, 0.25) is 0 Å². The van der Waals surface area contributed by atoms with Gasteiger partial charge in [-0.2, -0.15) is 0 Å². The molecule has 1 saturated heterocycles. The van der Waals surface area contributed by atoms with Crippen molar-refractivity contribution in [1.82, 2.24) is 4.90 Å². The van der Waals surface area contributed by atoms with Crippen LogP contribution in [0.2, 0.25) is 0 Å². The fraction of sp³-hybridized carbons (Fsp3) is 0.316. The molecule has 25 heavy (non-hydrogen) atoms. The molecular formula is C19H21F2N3O. The Hall–Kier alpha value is -2.63. The molecule has 3 rings (SSSR count). The molecular weight excluding hydrogens is 324 g/mol. The van der Waals surface area contributed by atoms with Crippen LogP contribution in [0.25, 0.3) is 0 Å². The predicted octanol–water partition coefficient (Wildman–Crippen LogP) is 3.94. The summed E-state index contributed by atoms with van der Waals surface area (Å²) in [6, 6.07) is 9.33. The number of rotatable bonds is 2. The molecule has 4 nitrogen and oxygen atoms in total. The maximum absolute atomic E-state index is 13.9. The minimum Gasteiger partial charge on any atom is -0.366 e. The Labute approximate surface area is 146 Å². The fourth-order valence-corrected chi connectivity index (χ4v) is 2.95. The average molecular weight is 345 g/mol. The Kier molecular flexibility index (Phi) is 4.88. The van der Waals surface area contributed by atoms with Gasteiger partial charge in [-0.05, 0) is 43.2 Å². The third-order valence-electron chi connectivity index (χ3n) is 4.45. The first-order valence-electron chi connectivity index (χ1n) is 8.27. The summed E-state index contributed by atoms with van der Waals surface area (Å²) in [6.45, 7) is 5.89. The topological polar surface area (TPSA) is 35.6 Å². The van der Waals surface area contributed by atoms with E-state index in [1.807, 2.05) is 36.9 Å². The summed E-state index contributed by atoms with van der Waals surface area (Å²) in [7, 11) is 0. The summed E-state index contributed by atoms with van der Waals surface area (Å²) in [4.78, 5) is 16.0. The minimum atomic E-state index is -0.590. The Morgan fingerprint density at radius 3 is 2.40 bits per heavy atom. The average Bonchev–Trinajstić information content (AvgIpc) is 2.58. The number of urea groups is 1. The van der Waals surface area contributed by atoms with Gasteiger partial charge in [-0.15, -0.1) is 0 Å². The molecule has 0 unspecified atom stereocenters. The van der Waals surface area contributed by atoms with Crippen molar-refractivity contribution in [3.05, 3.63) is 59.2 Å². The van der Waals surface area contributed by atoms with Crippen LogP contribution in [0, 0.1) is 25.5 Å². The van der Waals surface area contributed by atoms with Crippen molar-refractivity contribution >= 4 is 17.4 Å². The number of benzene rings is 2. The number of carbonyl (C=O) groups is 1. The van der Waals surface area contributed by atoms with Crippen molar-refractivity contribution < 1.29 is 13.6 Å². The molecule has 0 bridgehead atoms. The van der Waals surface area contributed by atoms with Gasteiger partial charge in [0.25, 0.3) is 0 Å². The second kappa shape index (κ2) is 7.09. The van der Waals surface area contributed by atoms with Gasteiger partial charge in [-0.3, -0.25) is 0 Å². The van der Waals surface area contributed by atoms with Gasteiger partial charge in [0.1, 0.15) is 11.6 Å². The molecule has 2 aromatic rings. The van der Waals surface area contributed by atoms with E-state index in [1.165, 1.54) is 12.1 Å². The quantitative estimate of drug-likeness (QED) is 0.895. The van der Waals surface area contributed by atoms with E-state index in [4.69, 9.17) is 0 Å². The third kappa shape index (κ3) is 3.90. The normalized spacial score (nSPS) is 14.6. The minimum absolute atomic E-state index is 0.159. The zero-order valence-electron chi connectivity index (χ0n) is 14.4. The zero-order chi connectivity index (χ0) is 18.0. The Balaban J connectivity index is 1.62. The largest absolute Gasteiger partial charge is 0.366 e. The molecule has 1 N–H and O–H groups in total. The number of hydrogen-bond acceptors (Lipinski definition) is 2. The number of anilines is 2. The molecule has 6 heteroatoms. The van der Waals surface area contributed by atoms with Crippen molar-refractivity contribution in [3.8, 4) is 0 Å². The molecule has 0 saturated carbocycles. The second-order valence-electron chi connectivity index (χ2n) is 6.32. The van der Waals surface area contributed by atoms with Crippen molar-refractivity contribution in [2.24, 2.45) is 0 Å². The van der Waals surface area contributed by atoms with Crippen LogP contribution in [0.4, 0.5) is 25.0 Å². The van der Waals surface area contributed by atoms with Crippen LogP contribution in [0.15, 0.2) is 36.4 Å². The first-order valence-corrected chi connectivity index (χ1v) is 8.27. The molecule has 1 fully saturated rings. The standard InChI is InChI=1S/C19H21F2N3O/c1-13-3-4-14(2)17(11-13)22-19(25)24-9-7-23(8-10-24)18-6-5-15(20)12-16(18)21/h3-6,11-12H,7-10H2,1-2H3,(H,22,25). The van der Waals surface area contributed by atoms with Crippen LogP contribution in [0.3, 0.4) is 0 Å². The van der Waals surface area contributed by atoms with E-state index in [1.54, 1.807) is 4.90 Å². The van der Waals surface area contributed by atoms with E-state index < -0.39 is 11.6 Å². The van der Waals surface area contributed by atoms with Gasteiger partial charge >= 0.3 is 6.03 Å². The van der Waals surface area contributed by atoms with Crippen LogP contribution >= 0.6 is 0 Å². The van der Waals surface area contributed by atoms with E-state index in [0.717, 1.165) is 22.9 Å². The number of halogens is 2. The lowest BCUT2D eigenvalue weighted by molar-refractivity contribution is 0.208. The van der Waals surface area contributed by atoms with Gasteiger partial charge in [0.15, 0.2) is 0 Å². The van der Waals surface area contributed by atoms with E-state index in [2.05, 4.69) is 5.32 Å². The molecule has 0 spiro atoms. The highest BCUT2D eigenvalue weighted by atomic mass is 19.1. The SMILES string of the molecule is Cc1ccc(C)c(NC(=O)N2CCN(c3ccc(F)cc3F)CC2)c1. The number of carbonyl (C=O) groups excluding carboxylic acids is 1. The van der Waals surface area contributed by atoms with E-state index >= 15 is 0 Å². The Morgan fingerprint density at radius 1 is 1.00 bits per heavy atom. The third-order valence-corrected chi connectivity index (χ3v) is 4.45. The summed E-state index contributed by atoms with van der Waals surface area (Å²) in [5.74, 6) is -1.17. The molecule has 2 amide bonds. The number of nitrogens with zero attached hydrogens (tertiary/aromatic N) is 2. The van der Waals surface area contributed by atoms with Gasteiger partial charge in [0, 0.05) is 37.9 Å². The molecule has 0 aromatic heterocycles. The molecule has 1 aliphatic heterocycles. The molecule has 2 aromatic carbocycles. The van der Waals surface area contributed by atoms with Crippen molar-refractivity contribution in [2.45, 2.75) is 13.8 Å². The molecule has 132 valence electrons. The fourth-order valence-electron chi connectivity index (χ4n) is 2.95. The van der Waals surface area contributed by atoms with Gasteiger partial charge in [0.05, 0.1) is 5.69 Å². The number of piperazine rings is 1. The Morgan fingerprint density at radius 2 is 1.72 bits per heavy atom. The molecule has 0 radical (unpaired) electrons. The monoisotopic (exact) mass is 345 g/mol. The number of nitrogens with one attached hydrogen (secondary N) is 1. The number of aryl methyl sites for hydroxylation is 2. The highest BCUT2D eigenvalue weighted by Gasteiger charge is 2.23. The maximum Gasteiger partial charge on any atom is 0.321 e. The number of hydrogen-bond donors (Lipinski definition) is 1.